The third-order valence-corrected chi connectivity index (χ3v) is 13.0. The van der Waals surface area contributed by atoms with Crippen LogP contribution >= 0.6 is 0 Å². The zero-order chi connectivity index (χ0) is 56.4. The van der Waals surface area contributed by atoms with E-state index in [4.69, 9.17) is 14.2 Å². The largest absolute Gasteiger partial charge is 0.462 e. The van der Waals surface area contributed by atoms with E-state index >= 15 is 0 Å². The molecule has 0 aliphatic carbocycles. The lowest BCUT2D eigenvalue weighted by Crippen LogP contribution is -2.30. The van der Waals surface area contributed by atoms with Crippen molar-refractivity contribution >= 4 is 17.9 Å². The Kier molecular flexibility index (Phi) is 60.9. The molecule has 0 aromatic carbocycles. The van der Waals surface area contributed by atoms with Gasteiger partial charge in [-0.25, -0.2) is 0 Å². The number of rotatable bonds is 56. The summed E-state index contributed by atoms with van der Waals surface area (Å²) in [6.45, 7) is 6.42. The molecule has 0 aliphatic rings. The first-order chi connectivity index (χ1) is 38.5. The minimum absolute atomic E-state index is 0.0974. The summed E-state index contributed by atoms with van der Waals surface area (Å²) in [7, 11) is 0. The highest BCUT2D eigenvalue weighted by atomic mass is 16.6. The quantitative estimate of drug-likeness (QED) is 0.0261. The van der Waals surface area contributed by atoms with Gasteiger partial charge in [0.1, 0.15) is 13.2 Å². The van der Waals surface area contributed by atoms with Crippen molar-refractivity contribution in [2.75, 3.05) is 13.2 Å². The second kappa shape index (κ2) is 64.8. The van der Waals surface area contributed by atoms with Crippen molar-refractivity contribution in [1.82, 2.24) is 0 Å². The van der Waals surface area contributed by atoms with Gasteiger partial charge in [-0.05, 0) is 141 Å². The molecule has 1 atom stereocenters. The Morgan fingerprint density at radius 2 is 0.526 bits per heavy atom. The molecule has 0 radical (unpaired) electrons. The molecule has 440 valence electrons. The molecule has 0 aromatic rings. The first-order valence-corrected chi connectivity index (χ1v) is 31.8. The van der Waals surface area contributed by atoms with Crippen LogP contribution in [0.3, 0.4) is 0 Å². The maximum atomic E-state index is 12.8. The Morgan fingerprint density at radius 3 is 0.846 bits per heavy atom. The van der Waals surface area contributed by atoms with Crippen molar-refractivity contribution in [1.29, 1.82) is 0 Å². The fourth-order valence-corrected chi connectivity index (χ4v) is 8.29. The van der Waals surface area contributed by atoms with Crippen LogP contribution in [0.4, 0.5) is 0 Å². The number of carbonyl (C=O) groups is 3. The molecule has 0 bridgehead atoms. The lowest BCUT2D eigenvalue weighted by Gasteiger charge is -2.18. The van der Waals surface area contributed by atoms with Crippen LogP contribution in [0.1, 0.15) is 271 Å². The first kappa shape index (κ1) is 73.3. The van der Waals surface area contributed by atoms with Crippen LogP contribution in [0.25, 0.3) is 0 Å². The Bertz CT molecular complexity index is 1710. The van der Waals surface area contributed by atoms with Gasteiger partial charge in [0, 0.05) is 19.3 Å². The summed E-state index contributed by atoms with van der Waals surface area (Å²) in [4.78, 5) is 38.1. The fourth-order valence-electron chi connectivity index (χ4n) is 8.29. The smallest absolute Gasteiger partial charge is 0.306 e. The summed E-state index contributed by atoms with van der Waals surface area (Å²) in [5.74, 6) is -0.945. The maximum absolute atomic E-state index is 12.8. The van der Waals surface area contributed by atoms with Crippen LogP contribution in [-0.4, -0.2) is 37.2 Å². The average Bonchev–Trinajstić information content (AvgIpc) is 3.44. The van der Waals surface area contributed by atoms with E-state index < -0.39 is 6.10 Å². The lowest BCUT2D eigenvalue weighted by molar-refractivity contribution is -0.167. The minimum Gasteiger partial charge on any atom is -0.462 e. The molecule has 0 N–H and O–H groups in total. The van der Waals surface area contributed by atoms with Crippen LogP contribution in [0.5, 0.6) is 0 Å². The Balaban J connectivity index is 4.28. The van der Waals surface area contributed by atoms with E-state index in [0.29, 0.717) is 19.3 Å². The van der Waals surface area contributed by atoms with Crippen molar-refractivity contribution < 1.29 is 28.6 Å². The predicted octanol–water partition coefficient (Wildman–Crippen LogP) is 21.9. The molecular formula is C72H116O6. The van der Waals surface area contributed by atoms with Crippen molar-refractivity contribution in [2.45, 2.75) is 277 Å². The number of hydrogen-bond donors (Lipinski definition) is 0. The Morgan fingerprint density at radius 1 is 0.269 bits per heavy atom. The molecule has 6 nitrogen and oxygen atoms in total. The number of hydrogen-bond acceptors (Lipinski definition) is 6. The van der Waals surface area contributed by atoms with Crippen LogP contribution in [0.15, 0.2) is 146 Å². The molecule has 0 spiro atoms. The van der Waals surface area contributed by atoms with E-state index in [9.17, 15) is 14.4 Å². The van der Waals surface area contributed by atoms with E-state index in [1.165, 1.54) is 64.2 Å². The summed E-state index contributed by atoms with van der Waals surface area (Å²) >= 11 is 0. The number of ether oxygens (including phenoxy) is 3. The third kappa shape index (κ3) is 62.1. The van der Waals surface area contributed by atoms with Crippen molar-refractivity contribution in [3.05, 3.63) is 146 Å². The number of esters is 3. The standard InChI is InChI=1S/C72H116O6/c1-4-7-10-13-16-19-22-24-26-27-28-29-30-31-32-33-34-35-36-37-38-39-40-41-42-43-44-45-47-48-50-53-56-59-62-65-71(74)77-68-69(67-76-70(73)64-61-58-55-52-21-18-15-12-9-6-3)78-72(75)66-63-60-57-54-51-49-46-25-23-20-17-14-11-8-5-2/h7,10,12,15-16,19,24-26,28-29,31-32,34-35,37-38,40-41,43-44,46-48,69H,4-6,8-9,11,13-14,17-18,20-23,27,30,33,36,39,42,45,49-68H2,1-3H3/b10-7-,15-12-,19-16-,26-24-,29-28-,32-31-,35-34-,38-37-,41-40-,44-43-,46-25-,48-47-. The van der Waals surface area contributed by atoms with Crippen molar-refractivity contribution in [3.63, 3.8) is 0 Å². The van der Waals surface area contributed by atoms with Gasteiger partial charge in [0.25, 0.3) is 0 Å². The zero-order valence-electron chi connectivity index (χ0n) is 50.4. The minimum atomic E-state index is -0.801. The molecule has 0 saturated heterocycles. The normalized spacial score (nSPS) is 13.1. The van der Waals surface area contributed by atoms with Crippen molar-refractivity contribution in [2.24, 2.45) is 0 Å². The van der Waals surface area contributed by atoms with Gasteiger partial charge in [-0.15, -0.1) is 0 Å². The predicted molar refractivity (Wildman–Crippen MR) is 339 cm³/mol. The summed E-state index contributed by atoms with van der Waals surface area (Å²) in [6, 6.07) is 0. The maximum Gasteiger partial charge on any atom is 0.306 e. The van der Waals surface area contributed by atoms with Gasteiger partial charge in [-0.1, -0.05) is 256 Å². The molecule has 6 heteroatoms. The zero-order valence-corrected chi connectivity index (χ0v) is 50.4. The average molecular weight is 1080 g/mol. The van der Waals surface area contributed by atoms with Gasteiger partial charge in [0.05, 0.1) is 0 Å². The molecule has 1 unspecified atom stereocenters. The number of allylic oxidation sites excluding steroid dienone is 24. The third-order valence-electron chi connectivity index (χ3n) is 13.0. The Hall–Kier alpha value is -4.71. The molecule has 0 aromatic heterocycles. The first-order valence-electron chi connectivity index (χ1n) is 31.8. The molecule has 0 rings (SSSR count). The lowest BCUT2D eigenvalue weighted by atomic mass is 10.1. The van der Waals surface area contributed by atoms with Gasteiger partial charge in [0.2, 0.25) is 0 Å². The van der Waals surface area contributed by atoms with E-state index in [2.05, 4.69) is 167 Å². The second-order valence-electron chi connectivity index (χ2n) is 20.6. The fraction of sp³-hybridized carbons (Fsp3) is 0.625. The van der Waals surface area contributed by atoms with E-state index in [-0.39, 0.29) is 31.1 Å². The molecule has 78 heavy (non-hydrogen) atoms. The summed E-state index contributed by atoms with van der Waals surface area (Å²) in [6.07, 6.45) is 92.9. The monoisotopic (exact) mass is 1080 g/mol. The van der Waals surface area contributed by atoms with Gasteiger partial charge in [0.15, 0.2) is 6.10 Å². The van der Waals surface area contributed by atoms with E-state index in [1.807, 2.05) is 0 Å². The van der Waals surface area contributed by atoms with Gasteiger partial charge in [-0.2, -0.15) is 0 Å². The van der Waals surface area contributed by atoms with Crippen molar-refractivity contribution in [3.8, 4) is 0 Å². The van der Waals surface area contributed by atoms with Gasteiger partial charge < -0.3 is 14.2 Å². The van der Waals surface area contributed by atoms with Crippen LogP contribution < -0.4 is 0 Å². The van der Waals surface area contributed by atoms with Gasteiger partial charge in [-0.3, -0.25) is 14.4 Å². The number of unbranched alkanes of at least 4 members (excludes halogenated alkanes) is 21. The van der Waals surface area contributed by atoms with Gasteiger partial charge >= 0.3 is 17.9 Å². The molecule has 0 heterocycles. The molecule has 0 saturated carbocycles. The SMILES string of the molecule is CC/C=C\C/C=C\C/C=C\C/C=C\C/C=C\C/C=C\C/C=C\C/C=C\C/C=C\C/C=C\CCCCCCC(=O)OCC(COC(=O)CCCCCCC/C=C\CCC)OC(=O)CCCCCCC/C=C\CCCCCCCC. The highest BCUT2D eigenvalue weighted by Gasteiger charge is 2.19. The van der Waals surface area contributed by atoms with Crippen LogP contribution in [-0.2, 0) is 28.6 Å². The molecule has 0 fully saturated rings. The van der Waals surface area contributed by atoms with Crippen LogP contribution in [0, 0.1) is 0 Å². The summed E-state index contributed by atoms with van der Waals surface area (Å²) in [5.41, 5.74) is 0. The second-order valence-corrected chi connectivity index (χ2v) is 20.6. The topological polar surface area (TPSA) is 78.9 Å². The molecule has 0 amide bonds. The summed E-state index contributed by atoms with van der Waals surface area (Å²) in [5, 5.41) is 0. The Labute approximate surface area is 480 Å². The van der Waals surface area contributed by atoms with E-state index in [0.717, 1.165) is 167 Å². The van der Waals surface area contributed by atoms with E-state index in [1.54, 1.807) is 0 Å². The van der Waals surface area contributed by atoms with Crippen LogP contribution in [0.2, 0.25) is 0 Å². The molecule has 0 aliphatic heterocycles. The number of carbonyl (C=O) groups excluding carboxylic acids is 3. The highest BCUT2D eigenvalue weighted by molar-refractivity contribution is 5.71. The summed E-state index contributed by atoms with van der Waals surface area (Å²) < 4.78 is 16.8. The highest BCUT2D eigenvalue weighted by Crippen LogP contribution is 2.14. The molecular weight excluding hydrogens is 961 g/mol.